The third kappa shape index (κ3) is 5.39. The zero-order chi connectivity index (χ0) is 16.5. The molecule has 0 saturated heterocycles. The Bertz CT molecular complexity index is 669. The van der Waals surface area contributed by atoms with E-state index in [0.29, 0.717) is 18.0 Å². The Morgan fingerprint density at radius 3 is 2.74 bits per heavy atom. The van der Waals surface area contributed by atoms with Gasteiger partial charge >= 0.3 is 6.09 Å². The van der Waals surface area contributed by atoms with E-state index in [1.54, 1.807) is 13.2 Å². The van der Waals surface area contributed by atoms with Crippen molar-refractivity contribution in [3.8, 4) is 5.75 Å². The largest absolute Gasteiger partial charge is 0.495 e. The molecule has 5 nitrogen and oxygen atoms in total. The van der Waals surface area contributed by atoms with E-state index in [9.17, 15) is 4.79 Å². The SMILES string of the molecule is COc1cc(C=CCNC(=O)OCc2ccccc2)ccc1N. The van der Waals surface area contributed by atoms with Crippen molar-refractivity contribution in [3.63, 3.8) is 0 Å². The van der Waals surface area contributed by atoms with E-state index in [1.165, 1.54) is 0 Å². The number of carbonyl (C=O) groups excluding carboxylic acids is 1. The van der Waals surface area contributed by atoms with Crippen LogP contribution in [0.4, 0.5) is 10.5 Å². The van der Waals surface area contributed by atoms with Crippen molar-refractivity contribution in [2.75, 3.05) is 19.4 Å². The number of rotatable bonds is 6. The number of carbonyl (C=O) groups is 1. The van der Waals surface area contributed by atoms with Crippen LogP contribution < -0.4 is 15.8 Å². The maximum Gasteiger partial charge on any atom is 0.407 e. The van der Waals surface area contributed by atoms with Gasteiger partial charge in [-0.25, -0.2) is 4.79 Å². The van der Waals surface area contributed by atoms with Gasteiger partial charge in [0.15, 0.2) is 0 Å². The molecule has 2 aromatic rings. The number of methoxy groups -OCH3 is 1. The van der Waals surface area contributed by atoms with Gasteiger partial charge in [0.25, 0.3) is 0 Å². The molecule has 3 N–H and O–H groups in total. The van der Waals surface area contributed by atoms with Gasteiger partial charge in [-0.15, -0.1) is 0 Å². The molecule has 2 rings (SSSR count). The van der Waals surface area contributed by atoms with Gasteiger partial charge in [0.05, 0.1) is 12.8 Å². The van der Waals surface area contributed by atoms with Crippen molar-refractivity contribution in [2.24, 2.45) is 0 Å². The molecule has 0 fully saturated rings. The van der Waals surface area contributed by atoms with Gasteiger partial charge in [0.2, 0.25) is 0 Å². The number of nitrogen functional groups attached to an aromatic ring is 1. The lowest BCUT2D eigenvalue weighted by Gasteiger charge is -2.06. The average Bonchev–Trinajstić information content (AvgIpc) is 2.59. The van der Waals surface area contributed by atoms with Crippen molar-refractivity contribution in [1.29, 1.82) is 0 Å². The normalized spacial score (nSPS) is 10.5. The predicted molar refractivity (Wildman–Crippen MR) is 91.1 cm³/mol. The minimum absolute atomic E-state index is 0.256. The Balaban J connectivity index is 1.74. The molecule has 0 radical (unpaired) electrons. The van der Waals surface area contributed by atoms with Crippen LogP contribution in [-0.2, 0) is 11.3 Å². The van der Waals surface area contributed by atoms with Crippen LogP contribution in [0, 0.1) is 0 Å². The van der Waals surface area contributed by atoms with E-state index in [4.69, 9.17) is 15.2 Å². The lowest BCUT2D eigenvalue weighted by Crippen LogP contribution is -2.24. The molecule has 0 aliphatic carbocycles. The van der Waals surface area contributed by atoms with Crippen LogP contribution in [0.15, 0.2) is 54.6 Å². The molecular formula is C18H20N2O3. The minimum atomic E-state index is -0.451. The molecular weight excluding hydrogens is 292 g/mol. The topological polar surface area (TPSA) is 73.6 Å². The van der Waals surface area contributed by atoms with E-state index < -0.39 is 6.09 Å². The Morgan fingerprint density at radius 2 is 2.00 bits per heavy atom. The standard InChI is InChI=1S/C18H20N2O3/c1-22-17-12-14(9-10-16(17)19)8-5-11-20-18(21)23-13-15-6-3-2-4-7-15/h2-10,12H,11,13,19H2,1H3,(H,20,21). The highest BCUT2D eigenvalue weighted by molar-refractivity contribution is 5.68. The fourth-order valence-corrected chi connectivity index (χ4v) is 1.94. The molecule has 0 spiro atoms. The average molecular weight is 312 g/mol. The molecule has 5 heteroatoms. The maximum absolute atomic E-state index is 11.6. The number of nitrogens with two attached hydrogens (primary N) is 1. The van der Waals surface area contributed by atoms with Crippen molar-refractivity contribution in [2.45, 2.75) is 6.61 Å². The van der Waals surface area contributed by atoms with Crippen LogP contribution in [0.2, 0.25) is 0 Å². The lowest BCUT2D eigenvalue weighted by atomic mass is 10.2. The number of amides is 1. The summed E-state index contributed by atoms with van der Waals surface area (Å²) in [6.07, 6.45) is 3.25. The first-order valence-electron chi connectivity index (χ1n) is 7.23. The molecule has 23 heavy (non-hydrogen) atoms. The summed E-state index contributed by atoms with van der Waals surface area (Å²) in [5.74, 6) is 0.627. The van der Waals surface area contributed by atoms with E-state index in [0.717, 1.165) is 11.1 Å². The van der Waals surface area contributed by atoms with Gasteiger partial charge in [0.1, 0.15) is 12.4 Å². The number of benzene rings is 2. The highest BCUT2D eigenvalue weighted by Crippen LogP contribution is 2.22. The van der Waals surface area contributed by atoms with Crippen molar-refractivity contribution < 1.29 is 14.3 Å². The van der Waals surface area contributed by atoms with Crippen LogP contribution in [0.25, 0.3) is 6.08 Å². The molecule has 0 aliphatic heterocycles. The minimum Gasteiger partial charge on any atom is -0.495 e. The summed E-state index contributed by atoms with van der Waals surface area (Å²) in [5, 5.41) is 2.66. The summed E-state index contributed by atoms with van der Waals surface area (Å²) >= 11 is 0. The van der Waals surface area contributed by atoms with Crippen molar-refractivity contribution in [1.82, 2.24) is 5.32 Å². The van der Waals surface area contributed by atoms with Gasteiger partial charge < -0.3 is 20.5 Å². The van der Waals surface area contributed by atoms with Gasteiger partial charge in [0, 0.05) is 6.54 Å². The smallest absolute Gasteiger partial charge is 0.407 e. The Labute approximate surface area is 135 Å². The van der Waals surface area contributed by atoms with Crippen LogP contribution in [-0.4, -0.2) is 19.7 Å². The third-order valence-electron chi connectivity index (χ3n) is 3.14. The van der Waals surface area contributed by atoms with Gasteiger partial charge in [-0.3, -0.25) is 0 Å². The van der Waals surface area contributed by atoms with E-state index in [2.05, 4.69) is 5.32 Å². The molecule has 0 aromatic heterocycles. The molecule has 2 aromatic carbocycles. The first-order valence-corrected chi connectivity index (χ1v) is 7.23. The van der Waals surface area contributed by atoms with Crippen molar-refractivity contribution in [3.05, 3.63) is 65.7 Å². The quantitative estimate of drug-likeness (QED) is 0.803. The summed E-state index contributed by atoms with van der Waals surface area (Å²) in [6.45, 7) is 0.631. The molecule has 0 heterocycles. The molecule has 0 atom stereocenters. The molecule has 1 amide bonds. The summed E-state index contributed by atoms with van der Waals surface area (Å²) in [4.78, 5) is 11.6. The molecule has 0 bridgehead atoms. The Morgan fingerprint density at radius 1 is 1.22 bits per heavy atom. The maximum atomic E-state index is 11.6. The zero-order valence-corrected chi connectivity index (χ0v) is 13.0. The lowest BCUT2D eigenvalue weighted by molar-refractivity contribution is 0.141. The van der Waals surface area contributed by atoms with Gasteiger partial charge in [-0.05, 0) is 23.3 Å². The van der Waals surface area contributed by atoms with Crippen LogP contribution >= 0.6 is 0 Å². The van der Waals surface area contributed by atoms with Gasteiger partial charge in [-0.1, -0.05) is 48.6 Å². The van der Waals surface area contributed by atoms with Gasteiger partial charge in [-0.2, -0.15) is 0 Å². The number of hydrogen-bond acceptors (Lipinski definition) is 4. The zero-order valence-electron chi connectivity index (χ0n) is 13.0. The van der Waals surface area contributed by atoms with Crippen LogP contribution in [0.3, 0.4) is 0 Å². The predicted octanol–water partition coefficient (Wildman–Crippen LogP) is 3.22. The molecule has 0 unspecified atom stereocenters. The summed E-state index contributed by atoms with van der Waals surface area (Å²) in [5.41, 5.74) is 8.23. The van der Waals surface area contributed by atoms with E-state index >= 15 is 0 Å². The number of hydrogen-bond donors (Lipinski definition) is 2. The first-order chi connectivity index (χ1) is 11.2. The first kappa shape index (κ1) is 16.4. The summed E-state index contributed by atoms with van der Waals surface area (Å²) < 4.78 is 10.3. The molecule has 120 valence electrons. The summed E-state index contributed by atoms with van der Waals surface area (Å²) in [7, 11) is 1.57. The molecule has 0 aliphatic rings. The van der Waals surface area contributed by atoms with E-state index in [-0.39, 0.29) is 6.61 Å². The fraction of sp³-hybridized carbons (Fsp3) is 0.167. The highest BCUT2D eigenvalue weighted by Gasteiger charge is 2.01. The van der Waals surface area contributed by atoms with Crippen LogP contribution in [0.5, 0.6) is 5.75 Å². The van der Waals surface area contributed by atoms with E-state index in [1.807, 2.05) is 54.6 Å². The Kier molecular flexibility index (Phi) is 6.06. The highest BCUT2D eigenvalue weighted by atomic mass is 16.5. The Hall–Kier alpha value is -2.95. The van der Waals surface area contributed by atoms with Crippen molar-refractivity contribution >= 4 is 17.9 Å². The third-order valence-corrected chi connectivity index (χ3v) is 3.14. The second-order valence-corrected chi connectivity index (χ2v) is 4.85. The summed E-state index contributed by atoms with van der Waals surface area (Å²) in [6, 6.07) is 15.0. The number of nitrogens with one attached hydrogen (secondary N) is 1. The number of anilines is 1. The number of alkyl carbamates (subject to hydrolysis) is 1. The second kappa shape index (κ2) is 8.48. The monoisotopic (exact) mass is 312 g/mol. The number of ether oxygens (including phenoxy) is 2. The fourth-order valence-electron chi connectivity index (χ4n) is 1.94. The molecule has 0 saturated carbocycles. The van der Waals surface area contributed by atoms with Crippen LogP contribution in [0.1, 0.15) is 11.1 Å². The second-order valence-electron chi connectivity index (χ2n) is 4.85.